The quantitative estimate of drug-likeness (QED) is 0.495. The van der Waals surface area contributed by atoms with Crippen LogP contribution in [0.4, 0.5) is 0 Å². The molecule has 0 spiro atoms. The van der Waals surface area contributed by atoms with E-state index in [1.165, 1.54) is 0 Å². The lowest BCUT2D eigenvalue weighted by Gasteiger charge is -2.23. The van der Waals surface area contributed by atoms with Crippen molar-refractivity contribution >= 4 is 5.91 Å². The van der Waals surface area contributed by atoms with Crippen LogP contribution in [-0.2, 0) is 14.3 Å². The van der Waals surface area contributed by atoms with E-state index in [-0.39, 0.29) is 18.5 Å². The molecule has 0 saturated carbocycles. The summed E-state index contributed by atoms with van der Waals surface area (Å²) in [4.78, 5) is 11.5. The lowest BCUT2D eigenvalue weighted by molar-refractivity contribution is -0.121. The first-order valence-electron chi connectivity index (χ1n) is 6.11. The Bertz CT molecular complexity index is 234. The zero-order chi connectivity index (χ0) is 14.0. The highest BCUT2D eigenvalue weighted by Crippen LogP contribution is 2.06. The maximum Gasteiger partial charge on any atom is 0.234 e. The van der Waals surface area contributed by atoms with E-state index < -0.39 is 5.60 Å². The van der Waals surface area contributed by atoms with E-state index in [1.54, 1.807) is 21.1 Å². The van der Waals surface area contributed by atoms with Gasteiger partial charge in [-0.1, -0.05) is 0 Å². The number of rotatable bonds is 10. The van der Waals surface area contributed by atoms with Crippen LogP contribution in [0.25, 0.3) is 0 Å². The summed E-state index contributed by atoms with van der Waals surface area (Å²) in [6.45, 7) is 5.09. The van der Waals surface area contributed by atoms with Gasteiger partial charge in [0.05, 0.1) is 18.8 Å². The van der Waals surface area contributed by atoms with Crippen LogP contribution in [0.2, 0.25) is 0 Å². The Morgan fingerprint density at radius 3 is 2.61 bits per heavy atom. The first-order chi connectivity index (χ1) is 8.41. The second kappa shape index (κ2) is 9.27. The molecule has 0 aromatic rings. The largest absolute Gasteiger partial charge is 0.389 e. The molecule has 0 saturated heterocycles. The number of carbonyl (C=O) groups excluding carboxylic acids is 1. The van der Waals surface area contributed by atoms with E-state index in [4.69, 9.17) is 9.47 Å². The highest BCUT2D eigenvalue weighted by molar-refractivity contribution is 5.78. The predicted molar refractivity (Wildman–Crippen MR) is 69.5 cm³/mol. The van der Waals surface area contributed by atoms with Gasteiger partial charge in [-0.3, -0.25) is 4.79 Å². The minimum absolute atomic E-state index is 0.0155. The molecular formula is C12H26N2O4. The van der Waals surface area contributed by atoms with Crippen molar-refractivity contribution in [3.05, 3.63) is 0 Å². The van der Waals surface area contributed by atoms with Crippen LogP contribution in [-0.4, -0.2) is 63.2 Å². The van der Waals surface area contributed by atoms with Crippen molar-refractivity contribution in [3.8, 4) is 0 Å². The third kappa shape index (κ3) is 9.35. The lowest BCUT2D eigenvalue weighted by Crippen LogP contribution is -2.45. The van der Waals surface area contributed by atoms with Crippen LogP contribution in [0.15, 0.2) is 0 Å². The summed E-state index contributed by atoms with van der Waals surface area (Å²) < 4.78 is 9.82. The monoisotopic (exact) mass is 262 g/mol. The third-order valence-electron chi connectivity index (χ3n) is 2.46. The highest BCUT2D eigenvalue weighted by atomic mass is 16.5. The maximum atomic E-state index is 11.5. The number of aliphatic hydroxyl groups is 1. The summed E-state index contributed by atoms with van der Waals surface area (Å²) in [6.07, 6.45) is 0.526. The van der Waals surface area contributed by atoms with Crippen LogP contribution in [0.3, 0.4) is 0 Å². The zero-order valence-corrected chi connectivity index (χ0v) is 11.8. The van der Waals surface area contributed by atoms with Crippen LogP contribution < -0.4 is 10.6 Å². The van der Waals surface area contributed by atoms with Crippen LogP contribution in [0, 0.1) is 0 Å². The number of amides is 1. The van der Waals surface area contributed by atoms with Gasteiger partial charge in [-0.15, -0.1) is 0 Å². The second-order valence-electron chi connectivity index (χ2n) is 4.77. The van der Waals surface area contributed by atoms with Crippen molar-refractivity contribution in [1.29, 1.82) is 0 Å². The summed E-state index contributed by atoms with van der Waals surface area (Å²) in [5.74, 6) is -0.109. The third-order valence-corrected chi connectivity index (χ3v) is 2.46. The normalized spacial score (nSPS) is 16.1. The van der Waals surface area contributed by atoms with E-state index in [1.807, 2.05) is 6.92 Å². The van der Waals surface area contributed by atoms with Gasteiger partial charge in [-0.25, -0.2) is 0 Å². The summed E-state index contributed by atoms with van der Waals surface area (Å²) in [5.41, 5.74) is -0.867. The molecule has 0 aromatic carbocycles. The fourth-order valence-corrected chi connectivity index (χ4v) is 1.47. The molecule has 3 N–H and O–H groups in total. The van der Waals surface area contributed by atoms with Gasteiger partial charge in [0.15, 0.2) is 0 Å². The summed E-state index contributed by atoms with van der Waals surface area (Å²) >= 11 is 0. The minimum atomic E-state index is -0.867. The SMILES string of the molecule is COCCC(C)(O)CNCC(=O)NC(C)COC. The van der Waals surface area contributed by atoms with Gasteiger partial charge in [-0.2, -0.15) is 0 Å². The Labute approximate surface area is 109 Å². The van der Waals surface area contributed by atoms with Gasteiger partial charge in [0.25, 0.3) is 0 Å². The predicted octanol–water partition coefficient (Wildman–Crippen LogP) is -0.485. The van der Waals surface area contributed by atoms with Crippen molar-refractivity contribution < 1.29 is 19.4 Å². The summed E-state index contributed by atoms with van der Waals surface area (Å²) in [6, 6.07) is -0.0155. The van der Waals surface area contributed by atoms with Gasteiger partial charge in [0.1, 0.15) is 0 Å². The van der Waals surface area contributed by atoms with E-state index in [9.17, 15) is 9.90 Å². The Morgan fingerprint density at radius 2 is 2.06 bits per heavy atom. The summed E-state index contributed by atoms with van der Waals surface area (Å²) in [7, 11) is 3.18. The van der Waals surface area contributed by atoms with Gasteiger partial charge >= 0.3 is 0 Å². The van der Waals surface area contributed by atoms with Crippen molar-refractivity contribution in [1.82, 2.24) is 10.6 Å². The smallest absolute Gasteiger partial charge is 0.234 e. The van der Waals surface area contributed by atoms with Crippen molar-refractivity contribution in [2.45, 2.75) is 31.9 Å². The molecule has 0 radical (unpaired) electrons. The molecule has 0 aliphatic heterocycles. The molecule has 0 aliphatic rings. The molecule has 108 valence electrons. The number of hydrogen-bond acceptors (Lipinski definition) is 5. The van der Waals surface area contributed by atoms with Gasteiger partial charge in [-0.05, 0) is 13.8 Å². The summed E-state index contributed by atoms with van der Waals surface area (Å²) in [5, 5.41) is 15.6. The van der Waals surface area contributed by atoms with E-state index >= 15 is 0 Å². The van der Waals surface area contributed by atoms with Gasteiger partial charge in [0, 0.05) is 39.8 Å². The molecule has 2 unspecified atom stereocenters. The number of ether oxygens (including phenoxy) is 2. The average molecular weight is 262 g/mol. The standard InChI is InChI=1S/C12H26N2O4/c1-10(8-18-4)14-11(15)7-13-9-12(2,16)5-6-17-3/h10,13,16H,5-9H2,1-4H3,(H,14,15). The number of methoxy groups -OCH3 is 2. The first kappa shape index (κ1) is 17.3. The fourth-order valence-electron chi connectivity index (χ4n) is 1.47. The average Bonchev–Trinajstić information content (AvgIpc) is 2.26. The second-order valence-corrected chi connectivity index (χ2v) is 4.77. The highest BCUT2D eigenvalue weighted by Gasteiger charge is 2.19. The Balaban J connectivity index is 3.72. The Hall–Kier alpha value is -0.690. The molecule has 0 aliphatic carbocycles. The van der Waals surface area contributed by atoms with Crippen molar-refractivity contribution in [3.63, 3.8) is 0 Å². The number of hydrogen-bond donors (Lipinski definition) is 3. The molecule has 6 heteroatoms. The van der Waals surface area contributed by atoms with Crippen molar-refractivity contribution in [2.75, 3.05) is 40.5 Å². The van der Waals surface area contributed by atoms with Crippen LogP contribution in [0.5, 0.6) is 0 Å². The van der Waals surface area contributed by atoms with Crippen LogP contribution in [0.1, 0.15) is 20.3 Å². The molecule has 0 aromatic heterocycles. The van der Waals surface area contributed by atoms with E-state index in [2.05, 4.69) is 10.6 Å². The zero-order valence-electron chi connectivity index (χ0n) is 11.8. The Kier molecular flexibility index (Phi) is 8.91. The van der Waals surface area contributed by atoms with E-state index in [0.29, 0.717) is 26.2 Å². The number of nitrogens with one attached hydrogen (secondary N) is 2. The van der Waals surface area contributed by atoms with Gasteiger partial charge in [0.2, 0.25) is 5.91 Å². The Morgan fingerprint density at radius 1 is 1.39 bits per heavy atom. The molecule has 0 bridgehead atoms. The first-order valence-corrected chi connectivity index (χ1v) is 6.11. The molecule has 18 heavy (non-hydrogen) atoms. The molecule has 6 nitrogen and oxygen atoms in total. The topological polar surface area (TPSA) is 79.8 Å². The molecule has 0 fully saturated rings. The van der Waals surface area contributed by atoms with E-state index in [0.717, 1.165) is 0 Å². The molecule has 1 amide bonds. The minimum Gasteiger partial charge on any atom is -0.389 e. The molecule has 0 heterocycles. The van der Waals surface area contributed by atoms with Gasteiger partial charge < -0.3 is 25.2 Å². The lowest BCUT2D eigenvalue weighted by atomic mass is 10.0. The van der Waals surface area contributed by atoms with Crippen molar-refractivity contribution in [2.24, 2.45) is 0 Å². The fraction of sp³-hybridized carbons (Fsp3) is 0.917. The molecular weight excluding hydrogens is 236 g/mol. The number of carbonyl (C=O) groups is 1. The molecule has 0 rings (SSSR count). The van der Waals surface area contributed by atoms with Crippen LogP contribution >= 0.6 is 0 Å². The molecule has 2 atom stereocenters. The maximum absolute atomic E-state index is 11.5.